The van der Waals surface area contributed by atoms with Gasteiger partial charge in [0.15, 0.2) is 0 Å². The van der Waals surface area contributed by atoms with Gasteiger partial charge in [-0.2, -0.15) is 0 Å². The Kier molecular flexibility index (Phi) is 2.37. The van der Waals surface area contributed by atoms with Gasteiger partial charge in [0, 0.05) is 20.2 Å². The van der Waals surface area contributed by atoms with Crippen molar-refractivity contribution >= 4 is 0 Å². The standard InChI is InChI=1S/C10H19NO/c1-11-6-8-4-3-5-9(7-11)10(8)12-2/h8-10H,3-7H2,1-2H3. The van der Waals surface area contributed by atoms with E-state index in [1.54, 1.807) is 0 Å². The van der Waals surface area contributed by atoms with Gasteiger partial charge in [0.1, 0.15) is 0 Å². The van der Waals surface area contributed by atoms with Gasteiger partial charge in [-0.3, -0.25) is 0 Å². The summed E-state index contributed by atoms with van der Waals surface area (Å²) in [5.74, 6) is 1.62. The second kappa shape index (κ2) is 3.35. The number of likely N-dealkylation sites (tertiary alicyclic amines) is 1. The molecule has 0 aromatic heterocycles. The molecular formula is C10H19NO. The van der Waals surface area contributed by atoms with E-state index in [1.807, 2.05) is 7.11 Å². The lowest BCUT2D eigenvalue weighted by molar-refractivity contribution is -0.0673. The van der Waals surface area contributed by atoms with E-state index in [-0.39, 0.29) is 0 Å². The van der Waals surface area contributed by atoms with Gasteiger partial charge in [0.05, 0.1) is 6.10 Å². The van der Waals surface area contributed by atoms with Crippen LogP contribution in [0.25, 0.3) is 0 Å². The van der Waals surface area contributed by atoms with Gasteiger partial charge >= 0.3 is 0 Å². The highest BCUT2D eigenvalue weighted by Crippen LogP contribution is 2.35. The second-order valence-corrected chi connectivity index (χ2v) is 4.37. The van der Waals surface area contributed by atoms with Gasteiger partial charge in [-0.15, -0.1) is 0 Å². The van der Waals surface area contributed by atoms with E-state index in [4.69, 9.17) is 4.74 Å². The molecule has 0 radical (unpaired) electrons. The number of ether oxygens (including phenoxy) is 1. The molecule has 70 valence electrons. The number of fused-ring (bicyclic) bond motifs is 2. The number of piperidine rings is 1. The fraction of sp³-hybridized carbons (Fsp3) is 1.00. The molecule has 1 saturated carbocycles. The first-order valence-electron chi connectivity index (χ1n) is 5.02. The van der Waals surface area contributed by atoms with Crippen molar-refractivity contribution in [3.8, 4) is 0 Å². The van der Waals surface area contributed by atoms with E-state index in [2.05, 4.69) is 11.9 Å². The van der Waals surface area contributed by atoms with Gasteiger partial charge in [-0.05, 0) is 31.7 Å². The quantitative estimate of drug-likeness (QED) is 0.587. The second-order valence-electron chi connectivity index (χ2n) is 4.37. The summed E-state index contributed by atoms with van der Waals surface area (Å²) in [5, 5.41) is 0. The molecule has 12 heavy (non-hydrogen) atoms. The summed E-state index contributed by atoms with van der Waals surface area (Å²) in [5.41, 5.74) is 0. The molecule has 1 aliphatic carbocycles. The van der Waals surface area contributed by atoms with Crippen molar-refractivity contribution in [2.75, 3.05) is 27.2 Å². The lowest BCUT2D eigenvalue weighted by atomic mass is 9.75. The zero-order chi connectivity index (χ0) is 8.55. The summed E-state index contributed by atoms with van der Waals surface area (Å²) >= 11 is 0. The van der Waals surface area contributed by atoms with Crippen LogP contribution in [0.3, 0.4) is 0 Å². The predicted molar refractivity (Wildman–Crippen MR) is 49.1 cm³/mol. The zero-order valence-electron chi connectivity index (χ0n) is 8.12. The van der Waals surface area contributed by atoms with Crippen LogP contribution < -0.4 is 0 Å². The number of methoxy groups -OCH3 is 1. The highest BCUT2D eigenvalue weighted by molar-refractivity contribution is 4.90. The average Bonchev–Trinajstić information content (AvgIpc) is 2.02. The topological polar surface area (TPSA) is 12.5 Å². The first-order valence-corrected chi connectivity index (χ1v) is 5.02. The van der Waals surface area contributed by atoms with E-state index in [0.717, 1.165) is 11.8 Å². The largest absolute Gasteiger partial charge is 0.381 e. The minimum Gasteiger partial charge on any atom is -0.381 e. The molecule has 0 aromatic rings. The highest BCUT2D eigenvalue weighted by atomic mass is 16.5. The number of rotatable bonds is 1. The van der Waals surface area contributed by atoms with Crippen LogP contribution in [0.1, 0.15) is 19.3 Å². The summed E-state index contributed by atoms with van der Waals surface area (Å²) in [4.78, 5) is 2.46. The SMILES string of the molecule is COC1C2CCCC1CN(C)C2. The van der Waals surface area contributed by atoms with Crippen LogP contribution in [-0.4, -0.2) is 38.3 Å². The normalized spacial score (nSPS) is 43.0. The summed E-state index contributed by atoms with van der Waals surface area (Å²) < 4.78 is 5.58. The van der Waals surface area contributed by atoms with Crippen molar-refractivity contribution in [3.63, 3.8) is 0 Å². The third kappa shape index (κ3) is 1.38. The Balaban J connectivity index is 2.06. The maximum atomic E-state index is 5.58. The smallest absolute Gasteiger partial charge is 0.0652 e. The first-order chi connectivity index (χ1) is 5.81. The first kappa shape index (κ1) is 8.52. The van der Waals surface area contributed by atoms with E-state index >= 15 is 0 Å². The van der Waals surface area contributed by atoms with Gasteiger partial charge in [-0.25, -0.2) is 0 Å². The van der Waals surface area contributed by atoms with E-state index < -0.39 is 0 Å². The Morgan fingerprint density at radius 2 is 1.75 bits per heavy atom. The third-order valence-corrected chi connectivity index (χ3v) is 3.44. The molecule has 2 aliphatic rings. The summed E-state index contributed by atoms with van der Waals surface area (Å²) in [6.07, 6.45) is 4.73. The van der Waals surface area contributed by atoms with Crippen LogP contribution in [0.15, 0.2) is 0 Å². The van der Waals surface area contributed by atoms with Crippen LogP contribution in [0.5, 0.6) is 0 Å². The van der Waals surface area contributed by atoms with Crippen molar-refractivity contribution in [2.45, 2.75) is 25.4 Å². The number of hydrogen-bond donors (Lipinski definition) is 0. The maximum absolute atomic E-state index is 5.58. The molecule has 1 saturated heterocycles. The van der Waals surface area contributed by atoms with Gasteiger partial charge in [-0.1, -0.05) is 6.42 Å². The monoisotopic (exact) mass is 169 g/mol. The summed E-state index contributed by atoms with van der Waals surface area (Å²) in [6.45, 7) is 2.49. The van der Waals surface area contributed by atoms with E-state index in [0.29, 0.717) is 6.10 Å². The molecule has 2 atom stereocenters. The van der Waals surface area contributed by atoms with Crippen molar-refractivity contribution < 1.29 is 4.74 Å². The molecule has 1 heterocycles. The average molecular weight is 169 g/mol. The molecule has 2 bridgehead atoms. The number of hydrogen-bond acceptors (Lipinski definition) is 2. The Hall–Kier alpha value is -0.0800. The minimum atomic E-state index is 0.565. The van der Waals surface area contributed by atoms with Gasteiger partial charge in [0.25, 0.3) is 0 Å². The molecule has 2 fully saturated rings. The Bertz CT molecular complexity index is 146. The Labute approximate surface area is 74.9 Å². The van der Waals surface area contributed by atoms with Crippen molar-refractivity contribution in [2.24, 2.45) is 11.8 Å². The van der Waals surface area contributed by atoms with Crippen LogP contribution in [0, 0.1) is 11.8 Å². The molecule has 0 aromatic carbocycles. The fourth-order valence-electron chi connectivity index (χ4n) is 3.01. The van der Waals surface area contributed by atoms with E-state index in [1.165, 1.54) is 32.4 Å². The molecule has 2 rings (SSSR count). The van der Waals surface area contributed by atoms with Crippen molar-refractivity contribution in [1.29, 1.82) is 0 Å². The van der Waals surface area contributed by atoms with Crippen LogP contribution in [0.2, 0.25) is 0 Å². The third-order valence-electron chi connectivity index (χ3n) is 3.44. The summed E-state index contributed by atoms with van der Waals surface area (Å²) in [6, 6.07) is 0. The van der Waals surface area contributed by atoms with Gasteiger partial charge < -0.3 is 9.64 Å². The highest BCUT2D eigenvalue weighted by Gasteiger charge is 2.38. The van der Waals surface area contributed by atoms with Crippen LogP contribution in [0.4, 0.5) is 0 Å². The van der Waals surface area contributed by atoms with Crippen molar-refractivity contribution in [1.82, 2.24) is 4.90 Å². The summed E-state index contributed by atoms with van der Waals surface area (Å²) in [7, 11) is 4.11. The molecule has 2 heteroatoms. The Morgan fingerprint density at radius 1 is 1.17 bits per heavy atom. The molecule has 0 spiro atoms. The lowest BCUT2D eigenvalue weighted by Gasteiger charge is -2.45. The van der Waals surface area contributed by atoms with E-state index in [9.17, 15) is 0 Å². The van der Waals surface area contributed by atoms with Crippen LogP contribution >= 0.6 is 0 Å². The molecule has 1 aliphatic heterocycles. The zero-order valence-corrected chi connectivity index (χ0v) is 8.12. The fourth-order valence-corrected chi connectivity index (χ4v) is 3.01. The molecule has 2 nitrogen and oxygen atoms in total. The molecule has 0 amide bonds. The van der Waals surface area contributed by atoms with Crippen LogP contribution in [-0.2, 0) is 4.74 Å². The molecule has 2 unspecified atom stereocenters. The number of nitrogens with zero attached hydrogens (tertiary/aromatic N) is 1. The molecule has 0 N–H and O–H groups in total. The lowest BCUT2D eigenvalue weighted by Crippen LogP contribution is -2.50. The van der Waals surface area contributed by atoms with Crippen molar-refractivity contribution in [3.05, 3.63) is 0 Å². The minimum absolute atomic E-state index is 0.565. The molecular weight excluding hydrogens is 150 g/mol. The maximum Gasteiger partial charge on any atom is 0.0652 e. The van der Waals surface area contributed by atoms with Gasteiger partial charge in [0.2, 0.25) is 0 Å². The predicted octanol–water partition coefficient (Wildman–Crippen LogP) is 1.36. The Morgan fingerprint density at radius 3 is 2.25 bits per heavy atom.